The predicted molar refractivity (Wildman–Crippen MR) is 107 cm³/mol. The molecule has 3 aromatic rings. The first kappa shape index (κ1) is 18.4. The van der Waals surface area contributed by atoms with Crippen LogP contribution in [-0.2, 0) is 4.79 Å². The molecule has 4 nitrogen and oxygen atoms in total. The van der Waals surface area contributed by atoms with Crippen LogP contribution < -0.4 is 5.32 Å². The summed E-state index contributed by atoms with van der Waals surface area (Å²) in [6, 6.07) is 11.2. The number of aromatic amines is 1. The SMILES string of the molecule is C[C@H](C(=O)Nc1c(F)cccc1F)N1CC=C(c2c[nH]c3ccccc23)CC1. The number of H-pyrrole nitrogens is 1. The van der Waals surface area contributed by atoms with E-state index in [1.54, 1.807) is 6.92 Å². The molecule has 1 atom stereocenters. The number of anilines is 1. The normalized spacial score (nSPS) is 16.0. The fraction of sp³-hybridized carbons (Fsp3) is 0.227. The standard InChI is InChI=1S/C22H21F2N3O/c1-14(22(28)26-21-18(23)6-4-7-19(21)24)27-11-9-15(10-12-27)17-13-25-20-8-3-2-5-16(17)20/h2-9,13-14,25H,10-12H2,1H3,(H,26,28)/t14-/m1/s1. The van der Waals surface area contributed by atoms with Crippen LogP contribution in [0.15, 0.2) is 54.7 Å². The number of hydrogen-bond donors (Lipinski definition) is 2. The average molecular weight is 381 g/mol. The van der Waals surface area contributed by atoms with E-state index in [1.165, 1.54) is 22.6 Å². The van der Waals surface area contributed by atoms with Crippen LogP contribution in [0.25, 0.3) is 16.5 Å². The van der Waals surface area contributed by atoms with Gasteiger partial charge in [0.05, 0.1) is 6.04 Å². The van der Waals surface area contributed by atoms with Gasteiger partial charge in [-0.3, -0.25) is 9.69 Å². The van der Waals surface area contributed by atoms with Crippen molar-refractivity contribution in [3.05, 3.63) is 71.9 Å². The number of halogens is 2. The van der Waals surface area contributed by atoms with Gasteiger partial charge in [0.15, 0.2) is 0 Å². The highest BCUT2D eigenvalue weighted by atomic mass is 19.1. The number of fused-ring (bicyclic) bond motifs is 1. The summed E-state index contributed by atoms with van der Waals surface area (Å²) in [6.45, 7) is 3.04. The van der Waals surface area contributed by atoms with Gasteiger partial charge in [0.2, 0.25) is 5.91 Å². The maximum absolute atomic E-state index is 13.8. The Bertz CT molecular complexity index is 1040. The lowest BCUT2D eigenvalue weighted by atomic mass is 9.98. The van der Waals surface area contributed by atoms with E-state index in [1.807, 2.05) is 29.3 Å². The average Bonchev–Trinajstić information content (AvgIpc) is 3.14. The summed E-state index contributed by atoms with van der Waals surface area (Å²) in [5, 5.41) is 3.57. The third-order valence-corrected chi connectivity index (χ3v) is 5.31. The highest BCUT2D eigenvalue weighted by Crippen LogP contribution is 2.29. The van der Waals surface area contributed by atoms with Gasteiger partial charge in [-0.05, 0) is 37.1 Å². The first-order chi connectivity index (χ1) is 13.5. The van der Waals surface area contributed by atoms with Crippen molar-refractivity contribution < 1.29 is 13.6 Å². The van der Waals surface area contributed by atoms with Gasteiger partial charge >= 0.3 is 0 Å². The zero-order chi connectivity index (χ0) is 19.7. The largest absolute Gasteiger partial charge is 0.361 e. The van der Waals surface area contributed by atoms with Gasteiger partial charge in [-0.1, -0.05) is 30.3 Å². The van der Waals surface area contributed by atoms with E-state index in [2.05, 4.69) is 22.4 Å². The lowest BCUT2D eigenvalue weighted by Gasteiger charge is -2.31. The molecule has 2 aromatic carbocycles. The number of benzene rings is 2. The van der Waals surface area contributed by atoms with Crippen molar-refractivity contribution in [2.24, 2.45) is 0 Å². The van der Waals surface area contributed by atoms with E-state index in [9.17, 15) is 13.6 Å². The van der Waals surface area contributed by atoms with E-state index in [4.69, 9.17) is 0 Å². The van der Waals surface area contributed by atoms with Crippen LogP contribution in [0.5, 0.6) is 0 Å². The van der Waals surface area contributed by atoms with Gasteiger partial charge in [0.1, 0.15) is 17.3 Å². The number of amides is 1. The Hall–Kier alpha value is -2.99. The number of nitrogens with zero attached hydrogens (tertiary/aromatic N) is 1. The fourth-order valence-electron chi connectivity index (χ4n) is 3.63. The van der Waals surface area contributed by atoms with E-state index in [0.29, 0.717) is 13.1 Å². The lowest BCUT2D eigenvalue weighted by Crippen LogP contribution is -2.44. The first-order valence-electron chi connectivity index (χ1n) is 9.29. The van der Waals surface area contributed by atoms with Crippen molar-refractivity contribution in [1.29, 1.82) is 0 Å². The fourth-order valence-corrected chi connectivity index (χ4v) is 3.63. The second-order valence-electron chi connectivity index (χ2n) is 6.98. The number of aromatic nitrogens is 1. The number of carbonyl (C=O) groups excluding carboxylic acids is 1. The Morgan fingerprint density at radius 1 is 1.14 bits per heavy atom. The highest BCUT2D eigenvalue weighted by molar-refractivity contribution is 5.95. The molecule has 0 saturated carbocycles. The van der Waals surface area contributed by atoms with Crippen LogP contribution in [0.1, 0.15) is 18.9 Å². The van der Waals surface area contributed by atoms with Crippen molar-refractivity contribution in [3.63, 3.8) is 0 Å². The monoisotopic (exact) mass is 381 g/mol. The van der Waals surface area contributed by atoms with Gasteiger partial charge in [0.25, 0.3) is 0 Å². The minimum atomic E-state index is -0.777. The highest BCUT2D eigenvalue weighted by Gasteiger charge is 2.25. The van der Waals surface area contributed by atoms with Crippen LogP contribution in [0.2, 0.25) is 0 Å². The van der Waals surface area contributed by atoms with Gasteiger partial charge in [-0.2, -0.15) is 0 Å². The molecule has 1 aliphatic heterocycles. The van der Waals surface area contributed by atoms with Gasteiger partial charge in [-0.15, -0.1) is 0 Å². The van der Waals surface area contributed by atoms with E-state index < -0.39 is 29.3 Å². The molecule has 0 unspecified atom stereocenters. The second kappa shape index (κ2) is 7.56. The molecule has 0 spiro atoms. The molecule has 0 fully saturated rings. The van der Waals surface area contributed by atoms with Crippen molar-refractivity contribution in [3.8, 4) is 0 Å². The third kappa shape index (κ3) is 3.43. The molecule has 6 heteroatoms. The third-order valence-electron chi connectivity index (χ3n) is 5.31. The molecule has 4 rings (SSSR count). The molecule has 1 amide bonds. The number of nitrogens with one attached hydrogen (secondary N) is 2. The first-order valence-corrected chi connectivity index (χ1v) is 9.29. The van der Waals surface area contributed by atoms with Gasteiger partial charge in [0, 0.05) is 35.8 Å². The molecule has 144 valence electrons. The van der Waals surface area contributed by atoms with Crippen molar-refractivity contribution >= 4 is 28.1 Å². The molecular weight excluding hydrogens is 360 g/mol. The zero-order valence-electron chi connectivity index (χ0n) is 15.5. The predicted octanol–water partition coefficient (Wildman–Crippen LogP) is 4.56. The second-order valence-corrected chi connectivity index (χ2v) is 6.98. The number of para-hydroxylation sites is 2. The van der Waals surface area contributed by atoms with E-state index >= 15 is 0 Å². The Balaban J connectivity index is 1.46. The summed E-state index contributed by atoms with van der Waals surface area (Å²) < 4.78 is 27.5. The Kier molecular flexibility index (Phi) is 4.96. The van der Waals surface area contributed by atoms with Crippen molar-refractivity contribution in [1.82, 2.24) is 9.88 Å². The van der Waals surface area contributed by atoms with Crippen LogP contribution in [0.3, 0.4) is 0 Å². The summed E-state index contributed by atoms with van der Waals surface area (Å²) in [4.78, 5) is 17.8. The summed E-state index contributed by atoms with van der Waals surface area (Å²) in [6.07, 6.45) is 4.93. The maximum Gasteiger partial charge on any atom is 0.241 e. The molecule has 2 N–H and O–H groups in total. The number of carbonyl (C=O) groups is 1. The molecule has 0 bridgehead atoms. The lowest BCUT2D eigenvalue weighted by molar-refractivity contribution is -0.120. The van der Waals surface area contributed by atoms with Crippen LogP contribution >= 0.6 is 0 Å². The van der Waals surface area contributed by atoms with Gasteiger partial charge in [-0.25, -0.2) is 8.78 Å². The number of hydrogen-bond acceptors (Lipinski definition) is 2. The quantitative estimate of drug-likeness (QED) is 0.696. The minimum Gasteiger partial charge on any atom is -0.361 e. The summed E-state index contributed by atoms with van der Waals surface area (Å²) in [5.41, 5.74) is 3.12. The minimum absolute atomic E-state index is 0.397. The summed E-state index contributed by atoms with van der Waals surface area (Å²) in [5.74, 6) is -1.98. The molecule has 0 aliphatic carbocycles. The van der Waals surface area contributed by atoms with Crippen molar-refractivity contribution in [2.45, 2.75) is 19.4 Å². The van der Waals surface area contributed by atoms with Crippen LogP contribution in [0.4, 0.5) is 14.5 Å². The molecule has 0 saturated heterocycles. The molecule has 2 heterocycles. The van der Waals surface area contributed by atoms with E-state index in [0.717, 1.165) is 24.1 Å². The Morgan fingerprint density at radius 2 is 1.89 bits per heavy atom. The van der Waals surface area contributed by atoms with Crippen molar-refractivity contribution in [2.75, 3.05) is 18.4 Å². The smallest absolute Gasteiger partial charge is 0.241 e. The molecule has 0 radical (unpaired) electrons. The molecule has 1 aliphatic rings. The molecule has 28 heavy (non-hydrogen) atoms. The molecular formula is C22H21F2N3O. The number of rotatable bonds is 4. The Morgan fingerprint density at radius 3 is 2.61 bits per heavy atom. The zero-order valence-corrected chi connectivity index (χ0v) is 15.5. The van der Waals surface area contributed by atoms with Crippen LogP contribution in [0, 0.1) is 11.6 Å². The maximum atomic E-state index is 13.8. The van der Waals surface area contributed by atoms with Crippen LogP contribution in [-0.4, -0.2) is 34.9 Å². The molecule has 1 aromatic heterocycles. The summed E-state index contributed by atoms with van der Waals surface area (Å²) in [7, 11) is 0. The topological polar surface area (TPSA) is 48.1 Å². The van der Waals surface area contributed by atoms with E-state index in [-0.39, 0.29) is 0 Å². The summed E-state index contributed by atoms with van der Waals surface area (Å²) >= 11 is 0. The van der Waals surface area contributed by atoms with Gasteiger partial charge < -0.3 is 10.3 Å². The Labute approximate surface area is 161 Å².